The van der Waals surface area contributed by atoms with Crippen molar-refractivity contribution in [1.82, 2.24) is 9.55 Å². The van der Waals surface area contributed by atoms with Gasteiger partial charge < -0.3 is 14.0 Å². The van der Waals surface area contributed by atoms with Crippen LogP contribution in [0.2, 0.25) is 0 Å². The van der Waals surface area contributed by atoms with E-state index in [2.05, 4.69) is 4.98 Å². The number of rotatable bonds is 6. The first-order chi connectivity index (χ1) is 12.0. The second kappa shape index (κ2) is 6.96. The first-order valence-corrected chi connectivity index (χ1v) is 9.74. The van der Waals surface area contributed by atoms with E-state index in [0.717, 1.165) is 10.8 Å². The largest absolute Gasteiger partial charge is 0.350 e. The minimum absolute atomic E-state index is 0.177. The Morgan fingerprint density at radius 3 is 2.40 bits per heavy atom. The van der Waals surface area contributed by atoms with Crippen LogP contribution in [0.5, 0.6) is 0 Å². The van der Waals surface area contributed by atoms with Gasteiger partial charge in [0.05, 0.1) is 24.2 Å². The number of benzene rings is 2. The number of fused-ring (bicyclic) bond motifs is 3. The molecule has 7 nitrogen and oxygen atoms in total. The first-order valence-electron chi connectivity index (χ1n) is 8.02. The standard InChI is InChI=1S/C17H19N2O5P/c1-3-23-25(22,24-4-2)11-19-14-10-9-12-7-5-6-8-13(12)15(14)18-16(20)17(19)21/h5-10H,3-4,11H2,1-2H3,(H,18,20). The Morgan fingerprint density at radius 1 is 1.04 bits per heavy atom. The first kappa shape index (κ1) is 17.6. The minimum atomic E-state index is -3.54. The molecule has 1 N–H and O–H groups in total. The van der Waals surface area contributed by atoms with Crippen molar-refractivity contribution in [2.24, 2.45) is 0 Å². The van der Waals surface area contributed by atoms with E-state index in [4.69, 9.17) is 9.05 Å². The quantitative estimate of drug-likeness (QED) is 0.413. The SMILES string of the molecule is CCOP(=O)(Cn1c(=O)c(=O)[nH]c2c3ccccc3ccc21)OCC. The normalized spacial score (nSPS) is 12.1. The summed E-state index contributed by atoms with van der Waals surface area (Å²) in [5.41, 5.74) is -0.573. The molecule has 0 fully saturated rings. The zero-order chi connectivity index (χ0) is 18.0. The van der Waals surface area contributed by atoms with Crippen LogP contribution >= 0.6 is 7.60 Å². The summed E-state index contributed by atoms with van der Waals surface area (Å²) >= 11 is 0. The van der Waals surface area contributed by atoms with E-state index < -0.39 is 18.7 Å². The molecule has 0 saturated heterocycles. The maximum atomic E-state index is 12.8. The third-order valence-electron chi connectivity index (χ3n) is 3.84. The van der Waals surface area contributed by atoms with Gasteiger partial charge in [-0.3, -0.25) is 18.7 Å². The predicted molar refractivity (Wildman–Crippen MR) is 97.2 cm³/mol. The fourth-order valence-electron chi connectivity index (χ4n) is 2.84. The maximum Gasteiger partial charge on any atom is 0.350 e. The maximum absolute atomic E-state index is 12.8. The van der Waals surface area contributed by atoms with Crippen LogP contribution in [0.15, 0.2) is 46.0 Å². The number of nitrogens with zero attached hydrogens (tertiary/aromatic N) is 1. The molecule has 0 bridgehead atoms. The van der Waals surface area contributed by atoms with Crippen molar-refractivity contribution in [3.63, 3.8) is 0 Å². The number of hydrogen-bond acceptors (Lipinski definition) is 5. The van der Waals surface area contributed by atoms with E-state index >= 15 is 0 Å². The lowest BCUT2D eigenvalue weighted by atomic mass is 10.1. The third kappa shape index (κ3) is 3.31. The average Bonchev–Trinajstić information content (AvgIpc) is 2.59. The molecule has 8 heteroatoms. The summed E-state index contributed by atoms with van der Waals surface area (Å²) in [6, 6.07) is 11.1. The Balaban J connectivity index is 2.29. The van der Waals surface area contributed by atoms with Crippen LogP contribution in [0.4, 0.5) is 0 Å². The lowest BCUT2D eigenvalue weighted by Gasteiger charge is -2.19. The van der Waals surface area contributed by atoms with Crippen LogP contribution < -0.4 is 11.1 Å². The van der Waals surface area contributed by atoms with Crippen molar-refractivity contribution >= 4 is 29.4 Å². The third-order valence-corrected chi connectivity index (χ3v) is 5.77. The van der Waals surface area contributed by atoms with Crippen LogP contribution in [0.1, 0.15) is 13.8 Å². The van der Waals surface area contributed by atoms with E-state index in [1.54, 1.807) is 19.9 Å². The lowest BCUT2D eigenvalue weighted by molar-refractivity contribution is 0.214. The fourth-order valence-corrected chi connectivity index (χ4v) is 4.49. The van der Waals surface area contributed by atoms with E-state index in [0.29, 0.717) is 11.0 Å². The van der Waals surface area contributed by atoms with Gasteiger partial charge in [0.2, 0.25) is 0 Å². The molecule has 3 aromatic rings. The molecule has 0 atom stereocenters. The Bertz CT molecular complexity index is 1080. The van der Waals surface area contributed by atoms with Gasteiger partial charge in [0.25, 0.3) is 0 Å². The predicted octanol–water partition coefficient (Wildman–Crippen LogP) is 3.07. The summed E-state index contributed by atoms with van der Waals surface area (Å²) in [5.74, 6) is 0. The van der Waals surface area contributed by atoms with E-state index in [1.165, 1.54) is 4.57 Å². The lowest BCUT2D eigenvalue weighted by Crippen LogP contribution is -2.36. The molecule has 0 aliphatic heterocycles. The van der Waals surface area contributed by atoms with E-state index in [-0.39, 0.29) is 19.5 Å². The van der Waals surface area contributed by atoms with Crippen LogP contribution in [0, 0.1) is 0 Å². The second-order valence-corrected chi connectivity index (χ2v) is 7.48. The highest BCUT2D eigenvalue weighted by atomic mass is 31.2. The van der Waals surface area contributed by atoms with Gasteiger partial charge in [-0.2, -0.15) is 0 Å². The number of aromatic nitrogens is 2. The van der Waals surface area contributed by atoms with Crippen molar-refractivity contribution < 1.29 is 13.6 Å². The fraction of sp³-hybridized carbons (Fsp3) is 0.294. The number of nitrogens with one attached hydrogen (secondary N) is 1. The molecule has 132 valence electrons. The van der Waals surface area contributed by atoms with Crippen molar-refractivity contribution in [1.29, 1.82) is 0 Å². The van der Waals surface area contributed by atoms with Gasteiger partial charge in [-0.05, 0) is 25.3 Å². The molecule has 0 aliphatic rings. The molecule has 0 saturated carbocycles. The summed E-state index contributed by atoms with van der Waals surface area (Å²) in [5, 5.41) is 1.72. The smallest absolute Gasteiger partial charge is 0.315 e. The molecule has 0 radical (unpaired) electrons. The molecular weight excluding hydrogens is 343 g/mol. The number of hydrogen-bond donors (Lipinski definition) is 1. The van der Waals surface area contributed by atoms with E-state index in [9.17, 15) is 14.2 Å². The molecule has 0 aliphatic carbocycles. The monoisotopic (exact) mass is 362 g/mol. The summed E-state index contributed by atoms with van der Waals surface area (Å²) < 4.78 is 24.5. The van der Waals surface area contributed by atoms with Gasteiger partial charge in [0.1, 0.15) is 6.29 Å². The summed E-state index contributed by atoms with van der Waals surface area (Å²) in [4.78, 5) is 27.2. The summed E-state index contributed by atoms with van der Waals surface area (Å²) in [6.45, 7) is 3.74. The Kier molecular flexibility index (Phi) is 4.90. The molecular formula is C17H19N2O5P. The zero-order valence-corrected chi connectivity index (χ0v) is 14.9. The molecule has 0 unspecified atom stereocenters. The van der Waals surface area contributed by atoms with Gasteiger partial charge in [0, 0.05) is 5.39 Å². The van der Waals surface area contributed by atoms with Crippen LogP contribution in [0.25, 0.3) is 21.8 Å². The van der Waals surface area contributed by atoms with Crippen molar-refractivity contribution in [2.75, 3.05) is 13.2 Å². The Labute approximate surface area is 143 Å². The molecule has 25 heavy (non-hydrogen) atoms. The molecule has 0 amide bonds. The highest BCUT2D eigenvalue weighted by molar-refractivity contribution is 7.52. The summed E-state index contributed by atoms with van der Waals surface area (Å²) in [7, 11) is -3.54. The molecule has 1 heterocycles. The van der Waals surface area contributed by atoms with Crippen LogP contribution in [0.3, 0.4) is 0 Å². The highest BCUT2D eigenvalue weighted by Gasteiger charge is 2.26. The number of H-pyrrole nitrogens is 1. The van der Waals surface area contributed by atoms with Crippen molar-refractivity contribution in [2.45, 2.75) is 20.1 Å². The average molecular weight is 362 g/mol. The van der Waals surface area contributed by atoms with Gasteiger partial charge in [-0.1, -0.05) is 30.3 Å². The van der Waals surface area contributed by atoms with Gasteiger partial charge in [-0.25, -0.2) is 0 Å². The highest BCUT2D eigenvalue weighted by Crippen LogP contribution is 2.49. The van der Waals surface area contributed by atoms with Crippen molar-refractivity contribution in [3.8, 4) is 0 Å². The topological polar surface area (TPSA) is 90.4 Å². The molecule has 2 aromatic carbocycles. The number of aromatic amines is 1. The van der Waals surface area contributed by atoms with Crippen molar-refractivity contribution in [3.05, 3.63) is 57.1 Å². The van der Waals surface area contributed by atoms with Gasteiger partial charge in [0.15, 0.2) is 0 Å². The van der Waals surface area contributed by atoms with Crippen LogP contribution in [-0.4, -0.2) is 22.8 Å². The zero-order valence-electron chi connectivity index (χ0n) is 14.0. The van der Waals surface area contributed by atoms with Gasteiger partial charge >= 0.3 is 18.7 Å². The molecule has 0 spiro atoms. The van der Waals surface area contributed by atoms with E-state index in [1.807, 2.05) is 30.3 Å². The molecule has 1 aromatic heterocycles. The minimum Gasteiger partial charge on any atom is -0.315 e. The Hall–Kier alpha value is -2.21. The summed E-state index contributed by atoms with van der Waals surface area (Å²) in [6.07, 6.45) is -0.313. The Morgan fingerprint density at radius 2 is 1.72 bits per heavy atom. The van der Waals surface area contributed by atoms with Crippen LogP contribution in [-0.2, 0) is 19.9 Å². The molecule has 3 rings (SSSR count). The second-order valence-electron chi connectivity index (χ2n) is 5.46. The van der Waals surface area contributed by atoms with Gasteiger partial charge in [-0.15, -0.1) is 0 Å².